The molecule has 2 atom stereocenters. The Hall–Kier alpha value is -0.650. The molecule has 0 spiro atoms. The van der Waals surface area contributed by atoms with Gasteiger partial charge in [0, 0.05) is 31.8 Å². The van der Waals surface area contributed by atoms with Crippen LogP contribution < -0.4 is 0 Å². The van der Waals surface area contributed by atoms with Crippen molar-refractivity contribution in [2.24, 2.45) is 0 Å². The van der Waals surface area contributed by atoms with Gasteiger partial charge < -0.3 is 14.6 Å². The van der Waals surface area contributed by atoms with Crippen LogP contribution in [0.1, 0.15) is 18.1 Å². The quantitative estimate of drug-likeness (QED) is 0.813. The number of hydrogen-bond acceptors (Lipinski definition) is 4. The molecule has 1 aliphatic heterocycles. The first-order valence-electron chi connectivity index (χ1n) is 6.45. The molecule has 1 aromatic rings. The Morgan fingerprint density at radius 2 is 2.37 bits per heavy atom. The highest BCUT2D eigenvalue weighted by Crippen LogP contribution is 2.21. The van der Waals surface area contributed by atoms with Crippen LogP contribution in [0.25, 0.3) is 0 Å². The first kappa shape index (κ1) is 14.8. The molecule has 0 amide bonds. The number of aliphatic hydroxyl groups excluding tert-OH is 1. The highest BCUT2D eigenvalue weighted by molar-refractivity contribution is 6.30. The summed E-state index contributed by atoms with van der Waals surface area (Å²) in [4.78, 5) is 2.20. The summed E-state index contributed by atoms with van der Waals surface area (Å²) in [6.45, 7) is 2.70. The van der Waals surface area contributed by atoms with Crippen LogP contribution >= 0.6 is 11.6 Å². The highest BCUT2D eigenvalue weighted by Gasteiger charge is 2.25. The van der Waals surface area contributed by atoms with Crippen LogP contribution in [-0.4, -0.2) is 49.6 Å². The maximum absolute atomic E-state index is 10.2. The zero-order valence-electron chi connectivity index (χ0n) is 11.1. The van der Waals surface area contributed by atoms with Gasteiger partial charge in [0.15, 0.2) is 0 Å². The number of benzene rings is 1. The smallest absolute Gasteiger partial charge is 0.146 e. The molecule has 1 aliphatic rings. The third kappa shape index (κ3) is 4.44. The van der Waals surface area contributed by atoms with E-state index in [2.05, 4.69) is 4.90 Å². The van der Waals surface area contributed by atoms with Crippen molar-refractivity contribution in [2.45, 2.75) is 18.6 Å². The van der Waals surface area contributed by atoms with Gasteiger partial charge in [0.25, 0.3) is 0 Å². The monoisotopic (exact) mass is 285 g/mol. The third-order valence-electron chi connectivity index (χ3n) is 3.32. The van der Waals surface area contributed by atoms with Gasteiger partial charge in [-0.05, 0) is 24.1 Å². The molecule has 1 aromatic carbocycles. The second-order valence-electron chi connectivity index (χ2n) is 4.81. The average molecular weight is 286 g/mol. The Morgan fingerprint density at radius 3 is 3.11 bits per heavy atom. The lowest BCUT2D eigenvalue weighted by Crippen LogP contribution is -2.28. The van der Waals surface area contributed by atoms with Gasteiger partial charge in [0.2, 0.25) is 0 Å². The number of hydrogen-bond donors (Lipinski definition) is 1. The minimum atomic E-state index is -0.514. The van der Waals surface area contributed by atoms with Crippen molar-refractivity contribution in [2.75, 3.05) is 33.5 Å². The summed E-state index contributed by atoms with van der Waals surface area (Å²) < 4.78 is 10.4. The summed E-state index contributed by atoms with van der Waals surface area (Å²) >= 11 is 5.93. The van der Waals surface area contributed by atoms with E-state index in [0.717, 1.165) is 25.1 Å². The lowest BCUT2D eigenvalue weighted by molar-refractivity contribution is -0.0677. The van der Waals surface area contributed by atoms with Gasteiger partial charge in [-0.2, -0.15) is 0 Å². The molecule has 1 saturated heterocycles. The highest BCUT2D eigenvalue weighted by atomic mass is 35.5. The van der Waals surface area contributed by atoms with Crippen molar-refractivity contribution in [3.05, 3.63) is 34.9 Å². The average Bonchev–Trinajstić information content (AvgIpc) is 2.84. The van der Waals surface area contributed by atoms with E-state index in [1.807, 2.05) is 18.2 Å². The summed E-state index contributed by atoms with van der Waals surface area (Å²) in [6.07, 6.45) is 0.664. The second kappa shape index (κ2) is 7.22. The molecule has 0 aliphatic carbocycles. The molecule has 106 valence electrons. The van der Waals surface area contributed by atoms with E-state index in [0.29, 0.717) is 18.4 Å². The van der Waals surface area contributed by atoms with E-state index in [1.54, 1.807) is 13.2 Å². The van der Waals surface area contributed by atoms with E-state index >= 15 is 0 Å². The van der Waals surface area contributed by atoms with Crippen molar-refractivity contribution in [3.8, 4) is 0 Å². The van der Waals surface area contributed by atoms with Crippen LogP contribution in [0.2, 0.25) is 5.02 Å². The lowest BCUT2D eigenvalue weighted by Gasteiger charge is -2.20. The zero-order valence-corrected chi connectivity index (χ0v) is 11.8. The molecule has 0 aromatic heterocycles. The Kier molecular flexibility index (Phi) is 5.60. The number of ether oxygens (including phenoxy) is 2. The first-order valence-corrected chi connectivity index (χ1v) is 6.83. The molecule has 2 rings (SSSR count). The summed E-state index contributed by atoms with van der Waals surface area (Å²) in [5.41, 5.74) is 0.855. The normalized spacial score (nSPS) is 21.7. The van der Waals surface area contributed by atoms with Crippen LogP contribution in [0.15, 0.2) is 24.3 Å². The number of halogens is 1. The van der Waals surface area contributed by atoms with Crippen molar-refractivity contribution < 1.29 is 14.6 Å². The maximum atomic E-state index is 10.2. The minimum Gasteiger partial charge on any atom is -0.387 e. The van der Waals surface area contributed by atoms with Gasteiger partial charge in [-0.15, -0.1) is 0 Å². The van der Waals surface area contributed by atoms with Gasteiger partial charge in [-0.1, -0.05) is 23.7 Å². The first-order chi connectivity index (χ1) is 9.19. The van der Waals surface area contributed by atoms with E-state index in [9.17, 15) is 5.11 Å². The molecule has 5 heteroatoms. The summed E-state index contributed by atoms with van der Waals surface area (Å²) in [6, 6.07) is 7.37. The largest absolute Gasteiger partial charge is 0.387 e. The van der Waals surface area contributed by atoms with Crippen molar-refractivity contribution in [1.82, 2.24) is 4.90 Å². The molecular formula is C14H20ClNO3. The van der Waals surface area contributed by atoms with Crippen LogP contribution in [0.4, 0.5) is 0 Å². The van der Waals surface area contributed by atoms with Gasteiger partial charge >= 0.3 is 0 Å². The van der Waals surface area contributed by atoms with E-state index in [4.69, 9.17) is 21.1 Å². The number of rotatable bonds is 6. The van der Waals surface area contributed by atoms with Gasteiger partial charge in [0.05, 0.1) is 12.2 Å². The van der Waals surface area contributed by atoms with E-state index < -0.39 is 6.10 Å². The molecule has 0 bridgehead atoms. The summed E-state index contributed by atoms with van der Waals surface area (Å²) in [5.74, 6) is 0. The lowest BCUT2D eigenvalue weighted by atomic mass is 10.1. The Bertz CT molecular complexity index is 402. The van der Waals surface area contributed by atoms with Crippen LogP contribution in [-0.2, 0) is 9.47 Å². The van der Waals surface area contributed by atoms with Gasteiger partial charge in [-0.25, -0.2) is 0 Å². The minimum absolute atomic E-state index is 0.200. The molecule has 0 saturated carbocycles. The molecular weight excluding hydrogens is 266 g/mol. The van der Waals surface area contributed by atoms with Crippen molar-refractivity contribution in [1.29, 1.82) is 0 Å². The molecule has 0 unspecified atom stereocenters. The number of nitrogens with zero attached hydrogens (tertiary/aromatic N) is 1. The predicted octanol–water partition coefficient (Wildman–Crippen LogP) is 2.07. The van der Waals surface area contributed by atoms with Crippen LogP contribution in [0.3, 0.4) is 0 Å². The fourth-order valence-corrected chi connectivity index (χ4v) is 2.53. The molecule has 19 heavy (non-hydrogen) atoms. The number of likely N-dealkylation sites (tertiary alicyclic amines) is 1. The fraction of sp³-hybridized carbons (Fsp3) is 0.571. The predicted molar refractivity (Wildman–Crippen MR) is 74.2 cm³/mol. The van der Waals surface area contributed by atoms with Gasteiger partial charge in [0.1, 0.15) is 6.79 Å². The van der Waals surface area contributed by atoms with E-state index in [-0.39, 0.29) is 6.10 Å². The van der Waals surface area contributed by atoms with E-state index in [1.165, 1.54) is 0 Å². The Labute approximate surface area is 118 Å². The molecule has 4 nitrogen and oxygen atoms in total. The van der Waals surface area contributed by atoms with Crippen LogP contribution in [0, 0.1) is 0 Å². The Balaban J connectivity index is 1.82. The molecule has 1 fully saturated rings. The fourth-order valence-electron chi connectivity index (χ4n) is 2.33. The molecule has 0 radical (unpaired) electrons. The maximum Gasteiger partial charge on any atom is 0.146 e. The zero-order chi connectivity index (χ0) is 13.7. The third-order valence-corrected chi connectivity index (χ3v) is 3.55. The number of methoxy groups -OCH3 is 1. The van der Waals surface area contributed by atoms with Gasteiger partial charge in [-0.3, -0.25) is 4.90 Å². The number of aliphatic hydroxyl groups is 1. The van der Waals surface area contributed by atoms with Crippen molar-refractivity contribution >= 4 is 11.6 Å². The molecule has 1 N–H and O–H groups in total. The Morgan fingerprint density at radius 1 is 1.53 bits per heavy atom. The second-order valence-corrected chi connectivity index (χ2v) is 5.25. The SMILES string of the molecule is COCO[C@H]1CCN(C[C@@H](O)c2cccc(Cl)c2)C1. The standard InChI is InChI=1S/C14H20ClNO3/c1-18-10-19-13-5-6-16(8-13)9-14(17)11-3-2-4-12(15)7-11/h2-4,7,13-14,17H,5-6,8-10H2,1H3/t13-,14+/m0/s1. The molecule has 1 heterocycles. The summed E-state index contributed by atoms with van der Waals surface area (Å²) in [7, 11) is 1.62. The topological polar surface area (TPSA) is 41.9 Å². The number of β-amino-alcohol motifs (C(OH)–C–C–N with tert-alkyl or cyclic N) is 1. The van der Waals surface area contributed by atoms with Crippen molar-refractivity contribution in [3.63, 3.8) is 0 Å². The summed E-state index contributed by atoms with van der Waals surface area (Å²) in [5, 5.41) is 10.9. The van der Waals surface area contributed by atoms with Crippen LogP contribution in [0.5, 0.6) is 0 Å².